The summed E-state index contributed by atoms with van der Waals surface area (Å²) in [5.74, 6) is -0.550. The second kappa shape index (κ2) is 14.1. The minimum Gasteiger partial charge on any atom is -0.444 e. The average Bonchev–Trinajstić information content (AvgIpc) is 2.85. The summed E-state index contributed by atoms with van der Waals surface area (Å²) < 4.78 is 5.36. The van der Waals surface area contributed by atoms with Gasteiger partial charge in [-0.15, -0.1) is 0 Å². The Hall–Kier alpha value is -3.15. The van der Waals surface area contributed by atoms with E-state index in [1.807, 2.05) is 38.3 Å². The highest BCUT2D eigenvalue weighted by Crippen LogP contribution is 2.29. The van der Waals surface area contributed by atoms with Gasteiger partial charge in [-0.05, 0) is 75.3 Å². The Bertz CT molecular complexity index is 1150. The minimum atomic E-state index is -1.17. The number of halogens is 1. The van der Waals surface area contributed by atoms with Crippen molar-refractivity contribution in [1.82, 2.24) is 10.2 Å². The lowest BCUT2D eigenvalue weighted by atomic mass is 10.0. The van der Waals surface area contributed by atoms with E-state index in [-0.39, 0.29) is 0 Å². The van der Waals surface area contributed by atoms with Gasteiger partial charge in [-0.2, -0.15) is 11.8 Å². The maximum atomic E-state index is 13.8. The normalized spacial score (nSPS) is 12.6. The van der Waals surface area contributed by atoms with Crippen LogP contribution in [0.1, 0.15) is 56.8 Å². The van der Waals surface area contributed by atoms with Crippen molar-refractivity contribution in [3.05, 3.63) is 64.2 Å². The first-order valence-electron chi connectivity index (χ1n) is 12.3. The zero-order chi connectivity index (χ0) is 28.5. The second-order valence-corrected chi connectivity index (χ2v) is 11.1. The SMILES string of the molecule is C#CN(C(=O)C(CCSC)NC(=O)OC(C)(C)C)C(C(=O)Nc1c(C)cccc1Cl)c1ccc(CC)cc1. The predicted molar refractivity (Wildman–Crippen MR) is 155 cm³/mol. The maximum absolute atomic E-state index is 13.8. The van der Waals surface area contributed by atoms with Gasteiger partial charge in [-0.1, -0.05) is 61.3 Å². The minimum absolute atomic E-state index is 0.296. The Balaban J connectivity index is 2.49. The van der Waals surface area contributed by atoms with Crippen molar-refractivity contribution in [3.8, 4) is 12.5 Å². The van der Waals surface area contributed by atoms with Gasteiger partial charge in [0.2, 0.25) is 0 Å². The molecule has 0 aliphatic carbocycles. The first-order valence-corrected chi connectivity index (χ1v) is 14.1. The smallest absolute Gasteiger partial charge is 0.408 e. The standard InChI is InChI=1S/C29H36ClN3O4S/c1-8-20-13-15-21(16-14-20)25(26(34)32-24-19(3)11-10-12-22(24)30)33(9-2)27(35)23(17-18-38-7)31-28(36)37-29(4,5)6/h2,10-16,23,25H,8,17-18H2,1,3-7H3,(H,31,36)(H,32,34). The predicted octanol–water partition coefficient (Wildman–Crippen LogP) is 5.96. The van der Waals surface area contributed by atoms with Crippen molar-refractivity contribution in [2.75, 3.05) is 17.3 Å². The van der Waals surface area contributed by atoms with Gasteiger partial charge in [0.25, 0.3) is 11.8 Å². The summed E-state index contributed by atoms with van der Waals surface area (Å²) in [4.78, 5) is 41.1. The van der Waals surface area contributed by atoms with E-state index >= 15 is 0 Å². The number of nitrogens with one attached hydrogen (secondary N) is 2. The molecule has 38 heavy (non-hydrogen) atoms. The third-order valence-corrected chi connectivity index (χ3v) is 6.62. The van der Waals surface area contributed by atoms with Crippen LogP contribution in [0, 0.1) is 19.4 Å². The zero-order valence-corrected chi connectivity index (χ0v) is 24.3. The maximum Gasteiger partial charge on any atom is 0.408 e. The van der Waals surface area contributed by atoms with Crippen molar-refractivity contribution in [2.45, 2.75) is 65.1 Å². The zero-order valence-electron chi connectivity index (χ0n) is 22.8. The fourth-order valence-electron chi connectivity index (χ4n) is 3.71. The van der Waals surface area contributed by atoms with Crippen LogP contribution >= 0.6 is 23.4 Å². The second-order valence-electron chi connectivity index (χ2n) is 9.74. The van der Waals surface area contributed by atoms with E-state index < -0.39 is 35.6 Å². The highest BCUT2D eigenvalue weighted by atomic mass is 35.5. The van der Waals surface area contributed by atoms with Crippen molar-refractivity contribution in [3.63, 3.8) is 0 Å². The number of carbonyl (C=O) groups is 3. The van der Waals surface area contributed by atoms with Gasteiger partial charge in [-0.3, -0.25) is 14.5 Å². The topological polar surface area (TPSA) is 87.7 Å². The summed E-state index contributed by atoms with van der Waals surface area (Å²) >= 11 is 7.88. The number of hydrogen-bond acceptors (Lipinski definition) is 5. The molecule has 0 radical (unpaired) electrons. The number of carbonyl (C=O) groups excluding carboxylic acids is 3. The Morgan fingerprint density at radius 3 is 2.34 bits per heavy atom. The number of benzene rings is 2. The molecule has 9 heteroatoms. The van der Waals surface area contributed by atoms with E-state index in [1.54, 1.807) is 45.0 Å². The highest BCUT2D eigenvalue weighted by molar-refractivity contribution is 7.98. The number of anilines is 1. The molecule has 3 amide bonds. The van der Waals surface area contributed by atoms with E-state index in [2.05, 4.69) is 16.7 Å². The molecular formula is C29H36ClN3O4S. The number of terminal acetylenes is 1. The van der Waals surface area contributed by atoms with E-state index in [0.29, 0.717) is 28.4 Å². The van der Waals surface area contributed by atoms with Crippen molar-refractivity contribution in [1.29, 1.82) is 0 Å². The number of thioether (sulfide) groups is 1. The van der Waals surface area contributed by atoms with Crippen molar-refractivity contribution in [2.24, 2.45) is 0 Å². The number of ether oxygens (including phenoxy) is 1. The molecule has 2 N–H and O–H groups in total. The third-order valence-electron chi connectivity index (χ3n) is 5.66. The summed E-state index contributed by atoms with van der Waals surface area (Å²) in [6.07, 6.45) is 8.12. The third kappa shape index (κ3) is 8.71. The quantitative estimate of drug-likeness (QED) is 0.278. The van der Waals surface area contributed by atoms with Crippen LogP contribution in [0.2, 0.25) is 5.02 Å². The van der Waals surface area contributed by atoms with Gasteiger partial charge in [-0.25, -0.2) is 4.79 Å². The number of nitrogens with zero attached hydrogens (tertiary/aromatic N) is 1. The average molecular weight is 558 g/mol. The van der Waals surface area contributed by atoms with Gasteiger partial charge in [0.05, 0.1) is 10.7 Å². The number of amides is 3. The summed E-state index contributed by atoms with van der Waals surface area (Å²) in [6.45, 7) is 9.04. The molecule has 0 heterocycles. The molecule has 0 bridgehead atoms. The largest absolute Gasteiger partial charge is 0.444 e. The molecule has 204 valence electrons. The molecule has 2 aromatic rings. The summed E-state index contributed by atoms with van der Waals surface area (Å²) in [6, 6.07) is 12.8. The van der Waals surface area contributed by atoms with Crippen LogP contribution in [0.25, 0.3) is 0 Å². The Kier molecular flexibility index (Phi) is 11.6. The molecule has 0 fully saturated rings. The molecule has 0 aliphatic heterocycles. The van der Waals surface area contributed by atoms with Gasteiger partial charge >= 0.3 is 6.09 Å². The van der Waals surface area contributed by atoms with Crippen LogP contribution < -0.4 is 10.6 Å². The van der Waals surface area contributed by atoms with E-state index in [1.165, 1.54) is 11.8 Å². The Morgan fingerprint density at radius 1 is 1.16 bits per heavy atom. The first kappa shape index (κ1) is 31.1. The molecule has 7 nitrogen and oxygen atoms in total. The molecule has 0 spiro atoms. The summed E-state index contributed by atoms with van der Waals surface area (Å²) in [5.41, 5.74) is 2.03. The molecule has 2 unspecified atom stereocenters. The Labute approximate surface area is 235 Å². The van der Waals surface area contributed by atoms with E-state index in [9.17, 15) is 14.4 Å². The fourth-order valence-corrected chi connectivity index (χ4v) is 4.45. The summed E-state index contributed by atoms with van der Waals surface area (Å²) in [5, 5.41) is 5.86. The van der Waals surface area contributed by atoms with Crippen LogP contribution in [0.4, 0.5) is 10.5 Å². The number of para-hydroxylation sites is 1. The molecular weight excluding hydrogens is 522 g/mol. The lowest BCUT2D eigenvalue weighted by Crippen LogP contribution is -2.51. The molecule has 0 saturated carbocycles. The molecule has 2 rings (SSSR count). The van der Waals surface area contributed by atoms with Gasteiger partial charge < -0.3 is 15.4 Å². The van der Waals surface area contributed by atoms with E-state index in [4.69, 9.17) is 22.8 Å². The highest BCUT2D eigenvalue weighted by Gasteiger charge is 2.36. The van der Waals surface area contributed by atoms with Crippen LogP contribution in [0.5, 0.6) is 0 Å². The Morgan fingerprint density at radius 2 is 1.82 bits per heavy atom. The van der Waals surface area contributed by atoms with Crippen LogP contribution in [-0.2, 0) is 20.7 Å². The monoisotopic (exact) mass is 557 g/mol. The number of aryl methyl sites for hydroxylation is 2. The molecule has 2 atom stereocenters. The summed E-state index contributed by atoms with van der Waals surface area (Å²) in [7, 11) is 0. The van der Waals surface area contributed by atoms with Crippen molar-refractivity contribution < 1.29 is 19.1 Å². The van der Waals surface area contributed by atoms with E-state index in [0.717, 1.165) is 22.4 Å². The van der Waals surface area contributed by atoms with Gasteiger partial charge in [0.1, 0.15) is 17.7 Å². The van der Waals surface area contributed by atoms with Crippen molar-refractivity contribution >= 4 is 47.0 Å². The number of hydrogen-bond donors (Lipinski definition) is 2. The lowest BCUT2D eigenvalue weighted by Gasteiger charge is -2.30. The first-order chi connectivity index (χ1) is 17.9. The fraction of sp³-hybridized carbons (Fsp3) is 0.414. The van der Waals surface area contributed by atoms with Crippen LogP contribution in [-0.4, -0.2) is 46.5 Å². The lowest BCUT2D eigenvalue weighted by molar-refractivity contribution is -0.136. The van der Waals surface area contributed by atoms with Gasteiger partial charge in [0.15, 0.2) is 0 Å². The molecule has 2 aromatic carbocycles. The molecule has 0 aromatic heterocycles. The number of rotatable bonds is 10. The molecule has 0 saturated heterocycles. The van der Waals surface area contributed by atoms with Crippen LogP contribution in [0.3, 0.4) is 0 Å². The van der Waals surface area contributed by atoms with Gasteiger partial charge in [0, 0.05) is 6.04 Å². The van der Waals surface area contributed by atoms with Crippen LogP contribution in [0.15, 0.2) is 42.5 Å². The number of alkyl carbamates (subject to hydrolysis) is 1. The molecule has 0 aliphatic rings.